The summed E-state index contributed by atoms with van der Waals surface area (Å²) in [6, 6.07) is 0. The minimum Gasteiger partial charge on any atom is -0.298 e. The predicted octanol–water partition coefficient (Wildman–Crippen LogP) is 2.41. The van der Waals surface area contributed by atoms with Crippen molar-refractivity contribution in [2.75, 3.05) is 0 Å². The number of allylic oxidation sites excluding steroid dienone is 5. The zero-order chi connectivity index (χ0) is 8.10. The van der Waals surface area contributed by atoms with Crippen LogP contribution in [-0.4, -0.2) is 6.29 Å². The maximum absolute atomic E-state index is 10.3. The molecule has 0 fully saturated rings. The first kappa shape index (κ1) is 7.99. The van der Waals surface area contributed by atoms with E-state index in [2.05, 4.69) is 6.58 Å². The first-order valence-corrected chi connectivity index (χ1v) is 3.81. The van der Waals surface area contributed by atoms with Crippen molar-refractivity contribution < 1.29 is 4.79 Å². The minimum atomic E-state index is 0.892. The lowest BCUT2D eigenvalue weighted by molar-refractivity contribution is -0.105. The van der Waals surface area contributed by atoms with Gasteiger partial charge >= 0.3 is 0 Å². The standard InChI is InChI=1S/C10H12O/c1-2-3-9-4-6-10(8-11)7-5-9/h2,4,6,8H,1,3,5,7H2. The molecule has 0 amide bonds. The second-order valence-corrected chi connectivity index (χ2v) is 2.68. The van der Waals surface area contributed by atoms with E-state index in [-0.39, 0.29) is 0 Å². The summed E-state index contributed by atoms with van der Waals surface area (Å²) in [5.41, 5.74) is 2.27. The second kappa shape index (κ2) is 3.91. The third-order valence-electron chi connectivity index (χ3n) is 1.83. The highest BCUT2D eigenvalue weighted by molar-refractivity contribution is 5.74. The van der Waals surface area contributed by atoms with Crippen LogP contribution >= 0.6 is 0 Å². The average molecular weight is 148 g/mol. The molecule has 0 bridgehead atoms. The van der Waals surface area contributed by atoms with E-state index in [1.807, 2.05) is 18.2 Å². The van der Waals surface area contributed by atoms with E-state index in [0.29, 0.717) is 0 Å². The predicted molar refractivity (Wildman–Crippen MR) is 46.3 cm³/mol. The quantitative estimate of drug-likeness (QED) is 0.443. The van der Waals surface area contributed by atoms with Gasteiger partial charge in [0.15, 0.2) is 0 Å². The molecule has 58 valence electrons. The zero-order valence-corrected chi connectivity index (χ0v) is 6.55. The van der Waals surface area contributed by atoms with Crippen molar-refractivity contribution in [2.45, 2.75) is 19.3 Å². The fourth-order valence-corrected chi connectivity index (χ4v) is 1.15. The molecule has 0 unspecified atom stereocenters. The van der Waals surface area contributed by atoms with Crippen LogP contribution in [0.3, 0.4) is 0 Å². The third-order valence-corrected chi connectivity index (χ3v) is 1.83. The van der Waals surface area contributed by atoms with Gasteiger partial charge in [-0.2, -0.15) is 0 Å². The van der Waals surface area contributed by atoms with Gasteiger partial charge in [-0.1, -0.05) is 23.8 Å². The van der Waals surface area contributed by atoms with Crippen LogP contribution in [-0.2, 0) is 4.79 Å². The van der Waals surface area contributed by atoms with Crippen LogP contribution in [0.5, 0.6) is 0 Å². The van der Waals surface area contributed by atoms with Crippen molar-refractivity contribution in [1.29, 1.82) is 0 Å². The number of hydrogen-bond acceptors (Lipinski definition) is 1. The molecule has 1 aliphatic rings. The van der Waals surface area contributed by atoms with Gasteiger partial charge in [-0.25, -0.2) is 0 Å². The molecular weight excluding hydrogens is 136 g/mol. The van der Waals surface area contributed by atoms with Crippen LogP contribution in [0.25, 0.3) is 0 Å². The van der Waals surface area contributed by atoms with Crippen LogP contribution in [0, 0.1) is 0 Å². The van der Waals surface area contributed by atoms with E-state index in [1.165, 1.54) is 5.57 Å². The normalized spacial score (nSPS) is 16.7. The van der Waals surface area contributed by atoms with Gasteiger partial charge in [-0.05, 0) is 24.8 Å². The fraction of sp³-hybridized carbons (Fsp3) is 0.300. The molecule has 0 radical (unpaired) electrons. The lowest BCUT2D eigenvalue weighted by Crippen LogP contribution is -1.93. The van der Waals surface area contributed by atoms with Gasteiger partial charge in [-0.15, -0.1) is 6.58 Å². The van der Waals surface area contributed by atoms with Gasteiger partial charge in [0, 0.05) is 0 Å². The molecule has 0 heterocycles. The van der Waals surface area contributed by atoms with Gasteiger partial charge in [-0.3, -0.25) is 4.79 Å². The topological polar surface area (TPSA) is 17.1 Å². The largest absolute Gasteiger partial charge is 0.298 e. The van der Waals surface area contributed by atoms with Crippen molar-refractivity contribution in [2.24, 2.45) is 0 Å². The summed E-state index contributed by atoms with van der Waals surface area (Å²) in [7, 11) is 0. The van der Waals surface area contributed by atoms with Gasteiger partial charge < -0.3 is 0 Å². The maximum atomic E-state index is 10.3. The highest BCUT2D eigenvalue weighted by atomic mass is 16.1. The Morgan fingerprint density at radius 3 is 2.73 bits per heavy atom. The van der Waals surface area contributed by atoms with E-state index in [0.717, 1.165) is 31.1 Å². The van der Waals surface area contributed by atoms with Gasteiger partial charge in [0.25, 0.3) is 0 Å². The maximum Gasteiger partial charge on any atom is 0.146 e. The molecule has 0 N–H and O–H groups in total. The van der Waals surface area contributed by atoms with E-state index in [9.17, 15) is 4.79 Å². The second-order valence-electron chi connectivity index (χ2n) is 2.68. The molecular formula is C10H12O. The summed E-state index contributed by atoms with van der Waals surface area (Å²) in [6.45, 7) is 3.66. The first-order valence-electron chi connectivity index (χ1n) is 3.81. The number of hydrogen-bond donors (Lipinski definition) is 0. The van der Waals surface area contributed by atoms with E-state index < -0.39 is 0 Å². The molecule has 0 aromatic heterocycles. The summed E-state index contributed by atoms with van der Waals surface area (Å²) in [6.07, 6.45) is 9.60. The van der Waals surface area contributed by atoms with Crippen molar-refractivity contribution in [1.82, 2.24) is 0 Å². The third kappa shape index (κ3) is 2.19. The smallest absolute Gasteiger partial charge is 0.146 e. The number of carbonyl (C=O) groups is 1. The fourth-order valence-electron chi connectivity index (χ4n) is 1.15. The molecule has 0 saturated heterocycles. The zero-order valence-electron chi connectivity index (χ0n) is 6.55. The highest BCUT2D eigenvalue weighted by Crippen LogP contribution is 2.19. The van der Waals surface area contributed by atoms with Crippen LogP contribution in [0.2, 0.25) is 0 Å². The molecule has 0 saturated carbocycles. The Hall–Kier alpha value is -1.11. The van der Waals surface area contributed by atoms with Crippen LogP contribution in [0.1, 0.15) is 19.3 Å². The van der Waals surface area contributed by atoms with Gasteiger partial charge in [0.2, 0.25) is 0 Å². The van der Waals surface area contributed by atoms with Gasteiger partial charge in [0.05, 0.1) is 0 Å². The van der Waals surface area contributed by atoms with Crippen molar-refractivity contribution in [3.05, 3.63) is 36.0 Å². The van der Waals surface area contributed by atoms with Crippen molar-refractivity contribution in [3.63, 3.8) is 0 Å². The Balaban J connectivity index is 2.60. The van der Waals surface area contributed by atoms with Crippen LogP contribution in [0.15, 0.2) is 36.0 Å². The molecule has 1 nitrogen and oxygen atoms in total. The Bertz CT molecular complexity index is 221. The highest BCUT2D eigenvalue weighted by Gasteiger charge is 2.03. The molecule has 11 heavy (non-hydrogen) atoms. The molecule has 1 heteroatoms. The Kier molecular flexibility index (Phi) is 2.84. The average Bonchev–Trinajstić information content (AvgIpc) is 2.07. The molecule has 0 atom stereocenters. The lowest BCUT2D eigenvalue weighted by atomic mass is 9.97. The Labute approximate surface area is 67.1 Å². The summed E-state index contributed by atoms with van der Waals surface area (Å²) in [5.74, 6) is 0. The Morgan fingerprint density at radius 1 is 1.45 bits per heavy atom. The molecule has 1 aliphatic carbocycles. The molecule has 0 aromatic rings. The molecule has 0 aromatic carbocycles. The summed E-state index contributed by atoms with van der Waals surface area (Å²) < 4.78 is 0. The van der Waals surface area contributed by atoms with Crippen molar-refractivity contribution >= 4 is 6.29 Å². The van der Waals surface area contributed by atoms with E-state index in [4.69, 9.17) is 0 Å². The summed E-state index contributed by atoms with van der Waals surface area (Å²) in [4.78, 5) is 10.3. The van der Waals surface area contributed by atoms with Crippen LogP contribution in [0.4, 0.5) is 0 Å². The molecule has 0 spiro atoms. The number of rotatable bonds is 3. The van der Waals surface area contributed by atoms with Gasteiger partial charge in [0.1, 0.15) is 6.29 Å². The van der Waals surface area contributed by atoms with Crippen molar-refractivity contribution in [3.8, 4) is 0 Å². The molecule has 0 aliphatic heterocycles. The lowest BCUT2D eigenvalue weighted by Gasteiger charge is -2.08. The SMILES string of the molecule is C=CCC1=CC=C(C=O)CC1. The van der Waals surface area contributed by atoms with E-state index >= 15 is 0 Å². The monoisotopic (exact) mass is 148 g/mol. The number of aldehydes is 1. The number of carbonyl (C=O) groups excluding carboxylic acids is 1. The molecule has 1 rings (SSSR count). The summed E-state index contributed by atoms with van der Waals surface area (Å²) in [5, 5.41) is 0. The first-order chi connectivity index (χ1) is 5.36. The Morgan fingerprint density at radius 2 is 2.27 bits per heavy atom. The van der Waals surface area contributed by atoms with E-state index in [1.54, 1.807) is 0 Å². The minimum absolute atomic E-state index is 0.892. The summed E-state index contributed by atoms with van der Waals surface area (Å²) >= 11 is 0. The van der Waals surface area contributed by atoms with Crippen LogP contribution < -0.4 is 0 Å².